The lowest BCUT2D eigenvalue weighted by Gasteiger charge is -2.14. The molecule has 1 atom stereocenters. The van der Waals surface area contributed by atoms with Gasteiger partial charge in [0.15, 0.2) is 17.3 Å². The molecular formula is C25H26N6O4. The predicted octanol–water partition coefficient (Wildman–Crippen LogP) is 2.25. The topological polar surface area (TPSA) is 105 Å². The van der Waals surface area contributed by atoms with Crippen LogP contribution in [0.4, 0.5) is 5.95 Å². The summed E-state index contributed by atoms with van der Waals surface area (Å²) in [5, 5.41) is 7.62. The Bertz CT molecular complexity index is 1530. The normalized spacial score (nSPS) is 15.2. The van der Waals surface area contributed by atoms with Gasteiger partial charge in [0.2, 0.25) is 5.95 Å². The zero-order chi connectivity index (χ0) is 24.5. The molecule has 1 aliphatic heterocycles. The summed E-state index contributed by atoms with van der Waals surface area (Å²) in [4.78, 5) is 36.0. The first-order valence-corrected chi connectivity index (χ1v) is 11.3. The van der Waals surface area contributed by atoms with Crippen molar-refractivity contribution in [3.8, 4) is 5.75 Å². The highest BCUT2D eigenvalue weighted by Crippen LogP contribution is 2.26. The summed E-state index contributed by atoms with van der Waals surface area (Å²) in [6.07, 6.45) is 0.205. The maximum atomic E-state index is 13.1. The Morgan fingerprint density at radius 1 is 1.06 bits per heavy atom. The van der Waals surface area contributed by atoms with Crippen molar-refractivity contribution in [3.63, 3.8) is 0 Å². The van der Waals surface area contributed by atoms with Gasteiger partial charge in [0.1, 0.15) is 5.75 Å². The van der Waals surface area contributed by atoms with Crippen molar-refractivity contribution in [2.75, 3.05) is 12.4 Å². The summed E-state index contributed by atoms with van der Waals surface area (Å²) >= 11 is 0. The second kappa shape index (κ2) is 9.13. The number of fused-ring (bicyclic) bond motifs is 1. The lowest BCUT2D eigenvalue weighted by molar-refractivity contribution is 0.0736. The first-order valence-electron chi connectivity index (χ1n) is 11.3. The number of imidazole rings is 1. The van der Waals surface area contributed by atoms with Crippen molar-refractivity contribution in [1.29, 1.82) is 0 Å². The molecule has 4 aromatic rings. The van der Waals surface area contributed by atoms with Crippen LogP contribution in [0.25, 0.3) is 11.2 Å². The molecule has 1 N–H and O–H groups in total. The highest BCUT2D eigenvalue weighted by Gasteiger charge is 2.28. The average Bonchev–Trinajstić information content (AvgIpc) is 3.50. The highest BCUT2D eigenvalue weighted by molar-refractivity contribution is 6.03. The van der Waals surface area contributed by atoms with Gasteiger partial charge in [-0.3, -0.25) is 13.9 Å². The van der Waals surface area contributed by atoms with E-state index in [0.29, 0.717) is 36.6 Å². The second-order valence-electron chi connectivity index (χ2n) is 8.43. The number of aryl methyl sites for hydroxylation is 1. The van der Waals surface area contributed by atoms with Crippen molar-refractivity contribution < 1.29 is 9.57 Å². The first kappa shape index (κ1) is 22.5. The standard InChI is InChI=1S/C25H26N6O4/c1-29-22-21(23(32)30(2)25(29)33)31(24(27-22)26-14-16-9-5-4-6-10-16)15-17-13-19(28-35-17)18-11-7-8-12-20(18)34-3/h4-12,17H,13-15H2,1-3H3,(H,26,27)/t17-/m1/s1. The Labute approximate surface area is 201 Å². The van der Waals surface area contributed by atoms with Crippen LogP contribution in [0.5, 0.6) is 5.75 Å². The summed E-state index contributed by atoms with van der Waals surface area (Å²) in [5.74, 6) is 1.20. The summed E-state index contributed by atoms with van der Waals surface area (Å²) in [5.41, 5.74) is 2.52. The number of ether oxygens (including phenoxy) is 1. The Hall–Kier alpha value is -4.34. The van der Waals surface area contributed by atoms with Gasteiger partial charge in [0.05, 0.1) is 19.4 Å². The summed E-state index contributed by atoms with van der Waals surface area (Å²) in [6, 6.07) is 17.5. The molecule has 0 radical (unpaired) electrons. The lowest BCUT2D eigenvalue weighted by atomic mass is 10.0. The van der Waals surface area contributed by atoms with Crippen LogP contribution in [0.1, 0.15) is 17.5 Å². The van der Waals surface area contributed by atoms with E-state index in [1.165, 1.54) is 11.6 Å². The molecule has 180 valence electrons. The molecule has 0 fully saturated rings. The maximum Gasteiger partial charge on any atom is 0.332 e. The molecule has 0 saturated carbocycles. The first-order chi connectivity index (χ1) is 17.0. The number of nitrogens with one attached hydrogen (secondary N) is 1. The molecular weight excluding hydrogens is 448 g/mol. The lowest BCUT2D eigenvalue weighted by Crippen LogP contribution is -2.37. The van der Waals surface area contributed by atoms with Gasteiger partial charge in [0.25, 0.3) is 5.56 Å². The highest BCUT2D eigenvalue weighted by atomic mass is 16.6. The Kier molecular flexibility index (Phi) is 5.86. The van der Waals surface area contributed by atoms with E-state index >= 15 is 0 Å². The van der Waals surface area contributed by atoms with Gasteiger partial charge < -0.3 is 19.5 Å². The Morgan fingerprint density at radius 2 is 1.80 bits per heavy atom. The summed E-state index contributed by atoms with van der Waals surface area (Å²) < 4.78 is 9.72. The third kappa shape index (κ3) is 4.07. The van der Waals surface area contributed by atoms with Gasteiger partial charge >= 0.3 is 5.69 Å². The second-order valence-corrected chi connectivity index (χ2v) is 8.43. The van der Waals surface area contributed by atoms with Crippen LogP contribution in [0.15, 0.2) is 69.3 Å². The number of oxime groups is 1. The molecule has 0 unspecified atom stereocenters. The average molecular weight is 475 g/mol. The molecule has 0 amide bonds. The van der Waals surface area contributed by atoms with E-state index in [9.17, 15) is 9.59 Å². The third-order valence-corrected chi connectivity index (χ3v) is 6.18. The molecule has 1 aliphatic rings. The number of aromatic nitrogens is 4. The van der Waals surface area contributed by atoms with Gasteiger partial charge in [0, 0.05) is 32.6 Å². The fourth-order valence-corrected chi connectivity index (χ4v) is 4.31. The molecule has 2 aromatic heterocycles. The van der Waals surface area contributed by atoms with Gasteiger partial charge in [-0.2, -0.15) is 4.98 Å². The summed E-state index contributed by atoms with van der Waals surface area (Å²) in [7, 11) is 4.69. The number of methoxy groups -OCH3 is 1. The van der Waals surface area contributed by atoms with Crippen molar-refractivity contribution in [1.82, 2.24) is 18.7 Å². The Morgan fingerprint density at radius 3 is 2.57 bits per heavy atom. The van der Waals surface area contributed by atoms with E-state index in [1.54, 1.807) is 18.7 Å². The van der Waals surface area contributed by atoms with E-state index in [2.05, 4.69) is 15.5 Å². The van der Waals surface area contributed by atoms with Crippen LogP contribution in [-0.4, -0.2) is 37.6 Å². The van der Waals surface area contributed by atoms with Gasteiger partial charge in [-0.1, -0.05) is 47.6 Å². The molecule has 0 spiro atoms. The number of para-hydroxylation sites is 1. The van der Waals surface area contributed by atoms with Crippen molar-refractivity contribution in [3.05, 3.63) is 86.6 Å². The van der Waals surface area contributed by atoms with Crippen LogP contribution < -0.4 is 21.3 Å². The van der Waals surface area contributed by atoms with E-state index in [4.69, 9.17) is 9.57 Å². The number of hydrogen-bond acceptors (Lipinski definition) is 7. The fraction of sp³-hybridized carbons (Fsp3) is 0.280. The molecule has 0 saturated heterocycles. The number of rotatable bonds is 7. The smallest absolute Gasteiger partial charge is 0.332 e. The van der Waals surface area contributed by atoms with Crippen molar-refractivity contribution in [2.24, 2.45) is 19.3 Å². The number of anilines is 1. The quantitative estimate of drug-likeness (QED) is 0.441. The van der Waals surface area contributed by atoms with Crippen LogP contribution in [-0.2, 0) is 32.0 Å². The van der Waals surface area contributed by atoms with Gasteiger partial charge in [-0.15, -0.1) is 0 Å². The van der Waals surface area contributed by atoms with Gasteiger partial charge in [-0.25, -0.2) is 4.79 Å². The van der Waals surface area contributed by atoms with E-state index in [0.717, 1.165) is 27.2 Å². The van der Waals surface area contributed by atoms with E-state index in [1.807, 2.05) is 54.6 Å². The van der Waals surface area contributed by atoms with Crippen molar-refractivity contribution >= 4 is 22.8 Å². The molecule has 10 nitrogen and oxygen atoms in total. The molecule has 35 heavy (non-hydrogen) atoms. The number of nitrogens with zero attached hydrogens (tertiary/aromatic N) is 5. The number of hydrogen-bond donors (Lipinski definition) is 1. The molecule has 5 rings (SSSR count). The largest absolute Gasteiger partial charge is 0.496 e. The van der Waals surface area contributed by atoms with Crippen LogP contribution >= 0.6 is 0 Å². The zero-order valence-corrected chi connectivity index (χ0v) is 19.8. The molecule has 0 aliphatic carbocycles. The molecule has 10 heteroatoms. The van der Waals surface area contributed by atoms with Crippen molar-refractivity contribution in [2.45, 2.75) is 25.6 Å². The number of benzene rings is 2. The minimum Gasteiger partial charge on any atom is -0.496 e. The maximum absolute atomic E-state index is 13.1. The third-order valence-electron chi connectivity index (χ3n) is 6.18. The Balaban J connectivity index is 1.50. The minimum absolute atomic E-state index is 0.317. The van der Waals surface area contributed by atoms with Crippen LogP contribution in [0.2, 0.25) is 0 Å². The minimum atomic E-state index is -0.430. The fourth-order valence-electron chi connectivity index (χ4n) is 4.31. The predicted molar refractivity (Wildman–Crippen MR) is 133 cm³/mol. The molecule has 2 aromatic carbocycles. The van der Waals surface area contributed by atoms with E-state index < -0.39 is 11.2 Å². The van der Waals surface area contributed by atoms with Gasteiger partial charge in [-0.05, 0) is 17.7 Å². The SMILES string of the molecule is COc1ccccc1C1=NO[C@@H](Cn2c(NCc3ccccc3)nc3c2c(=O)n(C)c(=O)n3C)C1. The van der Waals surface area contributed by atoms with E-state index in [-0.39, 0.29) is 6.10 Å². The van der Waals surface area contributed by atoms with Crippen LogP contribution in [0.3, 0.4) is 0 Å². The molecule has 0 bridgehead atoms. The van der Waals surface area contributed by atoms with Crippen LogP contribution in [0, 0.1) is 0 Å². The zero-order valence-electron chi connectivity index (χ0n) is 19.8. The summed E-state index contributed by atoms with van der Waals surface area (Å²) in [6.45, 7) is 0.829. The monoisotopic (exact) mass is 474 g/mol. The molecule has 3 heterocycles.